The molecule has 17 heavy (non-hydrogen) atoms. The number of benzene rings is 1. The van der Waals surface area contributed by atoms with Crippen molar-refractivity contribution in [2.45, 2.75) is 0 Å². The van der Waals surface area contributed by atoms with E-state index in [2.05, 4.69) is 0 Å². The number of rotatable bonds is 2. The summed E-state index contributed by atoms with van der Waals surface area (Å²) in [7, 11) is 0. The van der Waals surface area contributed by atoms with Gasteiger partial charge in [-0.15, -0.1) is 0 Å². The van der Waals surface area contributed by atoms with Crippen molar-refractivity contribution in [2.24, 2.45) is 5.92 Å². The van der Waals surface area contributed by atoms with Gasteiger partial charge in [0.2, 0.25) is 0 Å². The van der Waals surface area contributed by atoms with Crippen LogP contribution in [0.5, 0.6) is 0 Å². The van der Waals surface area contributed by atoms with E-state index < -0.39 is 0 Å². The molecule has 88 valence electrons. The Morgan fingerprint density at radius 3 is 2.88 bits per heavy atom. The quantitative estimate of drug-likeness (QED) is 0.852. The standard InChI is InChI=1S/C13H13NO3/c15-8-9-6-14(7-9)13(16)12-5-10-3-1-2-4-11(10)17-12/h1-5,9,15H,6-8H2. The van der Waals surface area contributed by atoms with Crippen LogP contribution in [-0.2, 0) is 0 Å². The average molecular weight is 231 g/mol. The molecule has 4 nitrogen and oxygen atoms in total. The van der Waals surface area contributed by atoms with Gasteiger partial charge in [0.1, 0.15) is 5.58 Å². The van der Waals surface area contributed by atoms with Gasteiger partial charge in [-0.1, -0.05) is 18.2 Å². The summed E-state index contributed by atoms with van der Waals surface area (Å²) < 4.78 is 5.50. The zero-order valence-electron chi connectivity index (χ0n) is 9.30. The lowest BCUT2D eigenvalue weighted by Gasteiger charge is -2.37. The van der Waals surface area contributed by atoms with E-state index in [-0.39, 0.29) is 18.4 Å². The Bertz CT molecular complexity index is 522. The molecule has 0 aliphatic carbocycles. The summed E-state index contributed by atoms with van der Waals surface area (Å²) in [5.74, 6) is 0.511. The third-order valence-electron chi connectivity index (χ3n) is 3.14. The van der Waals surface area contributed by atoms with E-state index >= 15 is 0 Å². The largest absolute Gasteiger partial charge is 0.451 e. The predicted octanol–water partition coefficient (Wildman–Crippen LogP) is 1.50. The molecule has 0 bridgehead atoms. The van der Waals surface area contributed by atoms with Gasteiger partial charge >= 0.3 is 0 Å². The van der Waals surface area contributed by atoms with Crippen LogP contribution in [0.1, 0.15) is 10.6 Å². The van der Waals surface area contributed by atoms with E-state index in [0.29, 0.717) is 18.8 Å². The summed E-state index contributed by atoms with van der Waals surface area (Å²) in [6.45, 7) is 1.38. The van der Waals surface area contributed by atoms with Crippen molar-refractivity contribution < 1.29 is 14.3 Å². The number of aliphatic hydroxyl groups excluding tert-OH is 1. The van der Waals surface area contributed by atoms with E-state index in [4.69, 9.17) is 9.52 Å². The lowest BCUT2D eigenvalue weighted by Crippen LogP contribution is -2.51. The van der Waals surface area contributed by atoms with Crippen LogP contribution >= 0.6 is 0 Å². The molecule has 1 amide bonds. The number of likely N-dealkylation sites (tertiary alicyclic amines) is 1. The number of fused-ring (bicyclic) bond motifs is 1. The van der Waals surface area contributed by atoms with Crippen molar-refractivity contribution in [1.29, 1.82) is 0 Å². The fraction of sp³-hybridized carbons (Fsp3) is 0.308. The Hall–Kier alpha value is -1.81. The highest BCUT2D eigenvalue weighted by Gasteiger charge is 2.32. The molecule has 0 unspecified atom stereocenters. The minimum atomic E-state index is -0.0918. The number of para-hydroxylation sites is 1. The highest BCUT2D eigenvalue weighted by atomic mass is 16.3. The molecular formula is C13H13NO3. The Labute approximate surface area is 98.4 Å². The number of aliphatic hydroxyl groups is 1. The molecule has 3 rings (SSSR count). The Morgan fingerprint density at radius 1 is 1.41 bits per heavy atom. The van der Waals surface area contributed by atoms with Gasteiger partial charge in [-0.3, -0.25) is 4.79 Å². The van der Waals surface area contributed by atoms with Crippen LogP contribution in [0.25, 0.3) is 11.0 Å². The van der Waals surface area contributed by atoms with Gasteiger partial charge in [0.15, 0.2) is 5.76 Å². The second-order valence-electron chi connectivity index (χ2n) is 4.41. The normalized spacial score (nSPS) is 16.2. The molecule has 0 spiro atoms. The number of amides is 1. The molecule has 1 aliphatic heterocycles. The first-order chi connectivity index (χ1) is 8.28. The summed E-state index contributed by atoms with van der Waals surface area (Å²) in [5.41, 5.74) is 0.732. The first-order valence-corrected chi connectivity index (χ1v) is 5.66. The smallest absolute Gasteiger partial charge is 0.289 e. The Balaban J connectivity index is 1.82. The summed E-state index contributed by atoms with van der Waals surface area (Å²) in [6.07, 6.45) is 0. The first-order valence-electron chi connectivity index (χ1n) is 5.66. The fourth-order valence-electron chi connectivity index (χ4n) is 2.09. The van der Waals surface area contributed by atoms with Gasteiger partial charge in [0.05, 0.1) is 0 Å². The van der Waals surface area contributed by atoms with Crippen LogP contribution < -0.4 is 0 Å². The highest BCUT2D eigenvalue weighted by molar-refractivity contribution is 5.96. The summed E-state index contributed by atoms with van der Waals surface area (Å²) >= 11 is 0. The minimum Gasteiger partial charge on any atom is -0.451 e. The lowest BCUT2D eigenvalue weighted by atomic mass is 10.0. The maximum absolute atomic E-state index is 12.0. The summed E-state index contributed by atoms with van der Waals surface area (Å²) in [6, 6.07) is 9.33. The second-order valence-corrected chi connectivity index (χ2v) is 4.41. The molecule has 1 aliphatic rings. The first kappa shape index (κ1) is 10.4. The van der Waals surface area contributed by atoms with Crippen molar-refractivity contribution in [3.05, 3.63) is 36.1 Å². The molecule has 0 saturated carbocycles. The van der Waals surface area contributed by atoms with Gasteiger partial charge in [-0.05, 0) is 12.1 Å². The van der Waals surface area contributed by atoms with E-state index in [9.17, 15) is 4.79 Å². The molecule has 2 aromatic rings. The number of carbonyl (C=O) groups excluding carboxylic acids is 1. The van der Waals surface area contributed by atoms with Crippen molar-refractivity contribution in [2.75, 3.05) is 19.7 Å². The molecule has 1 N–H and O–H groups in total. The molecule has 1 saturated heterocycles. The monoisotopic (exact) mass is 231 g/mol. The van der Waals surface area contributed by atoms with Crippen LogP contribution in [0.2, 0.25) is 0 Å². The molecule has 4 heteroatoms. The third kappa shape index (κ3) is 1.70. The van der Waals surface area contributed by atoms with Crippen LogP contribution in [0.3, 0.4) is 0 Å². The second kappa shape index (κ2) is 3.89. The third-order valence-corrected chi connectivity index (χ3v) is 3.14. The molecule has 1 fully saturated rings. The molecule has 1 aromatic carbocycles. The Kier molecular flexibility index (Phi) is 2.37. The minimum absolute atomic E-state index is 0.0918. The number of nitrogens with zero attached hydrogens (tertiary/aromatic N) is 1. The number of furan rings is 1. The number of carbonyl (C=O) groups is 1. The Morgan fingerprint density at radius 2 is 2.18 bits per heavy atom. The average Bonchev–Trinajstić information content (AvgIpc) is 2.71. The van der Waals surface area contributed by atoms with E-state index in [0.717, 1.165) is 11.0 Å². The molecule has 2 heterocycles. The zero-order chi connectivity index (χ0) is 11.8. The molecule has 0 atom stereocenters. The zero-order valence-corrected chi connectivity index (χ0v) is 9.30. The van der Waals surface area contributed by atoms with Crippen molar-refractivity contribution in [3.63, 3.8) is 0 Å². The van der Waals surface area contributed by atoms with Crippen LogP contribution in [0, 0.1) is 5.92 Å². The fourth-order valence-corrected chi connectivity index (χ4v) is 2.09. The lowest BCUT2D eigenvalue weighted by molar-refractivity contribution is 0.0336. The number of hydrogen-bond donors (Lipinski definition) is 1. The predicted molar refractivity (Wildman–Crippen MR) is 62.7 cm³/mol. The van der Waals surface area contributed by atoms with Gasteiger partial charge in [-0.2, -0.15) is 0 Å². The van der Waals surface area contributed by atoms with E-state index in [1.165, 1.54) is 0 Å². The van der Waals surface area contributed by atoms with Crippen molar-refractivity contribution in [1.82, 2.24) is 4.90 Å². The summed E-state index contributed by atoms with van der Waals surface area (Å²) in [5, 5.41) is 9.85. The van der Waals surface area contributed by atoms with Crippen molar-refractivity contribution >= 4 is 16.9 Å². The van der Waals surface area contributed by atoms with Crippen LogP contribution in [0.15, 0.2) is 34.7 Å². The van der Waals surface area contributed by atoms with Crippen LogP contribution in [0.4, 0.5) is 0 Å². The number of hydrogen-bond acceptors (Lipinski definition) is 3. The van der Waals surface area contributed by atoms with E-state index in [1.54, 1.807) is 11.0 Å². The topological polar surface area (TPSA) is 53.7 Å². The van der Waals surface area contributed by atoms with Gasteiger partial charge in [0, 0.05) is 31.0 Å². The highest BCUT2D eigenvalue weighted by Crippen LogP contribution is 2.23. The maximum Gasteiger partial charge on any atom is 0.289 e. The van der Waals surface area contributed by atoms with Crippen molar-refractivity contribution in [3.8, 4) is 0 Å². The van der Waals surface area contributed by atoms with E-state index in [1.807, 2.05) is 24.3 Å². The van der Waals surface area contributed by atoms with Gasteiger partial charge in [-0.25, -0.2) is 0 Å². The van der Waals surface area contributed by atoms with Crippen LogP contribution in [-0.4, -0.2) is 35.6 Å². The molecule has 1 aromatic heterocycles. The molecule has 0 radical (unpaired) electrons. The molecular weight excluding hydrogens is 218 g/mol. The SMILES string of the molecule is O=C(c1cc2ccccc2o1)N1CC(CO)C1. The van der Waals surface area contributed by atoms with Gasteiger partial charge in [0.25, 0.3) is 5.91 Å². The summed E-state index contributed by atoms with van der Waals surface area (Å²) in [4.78, 5) is 13.7. The maximum atomic E-state index is 12.0. The van der Waals surface area contributed by atoms with Gasteiger partial charge < -0.3 is 14.4 Å².